The number of nitrogens with zero attached hydrogens (tertiary/aromatic N) is 3. The first-order chi connectivity index (χ1) is 9.13. The van der Waals surface area contributed by atoms with Gasteiger partial charge in [-0.05, 0) is 59.1 Å². The normalized spacial score (nSPS) is 11.3. The van der Waals surface area contributed by atoms with Crippen LogP contribution in [-0.2, 0) is 20.0 Å². The number of hydrogen-bond acceptors (Lipinski definition) is 2. The maximum atomic E-state index is 5.40. The molecule has 0 aliphatic carbocycles. The number of rotatable bonds is 3. The largest absolute Gasteiger partial charge is 0.331 e. The van der Waals surface area contributed by atoms with Gasteiger partial charge in [-0.1, -0.05) is 0 Å². The molecule has 0 fully saturated rings. The topological polar surface area (TPSA) is 38.5 Å². The number of benzene rings is 1. The minimum atomic E-state index is 0.771. The molecule has 19 heavy (non-hydrogen) atoms. The molecule has 3 rings (SSSR count). The SMILES string of the molecule is Cn1ccc(CCn2c(=S)[nH]c3cc(I)ccc32)n1. The number of imidazole rings is 1. The predicted molar refractivity (Wildman–Crippen MR) is 86.8 cm³/mol. The lowest BCUT2D eigenvalue weighted by molar-refractivity contribution is 0.671. The first kappa shape index (κ1) is 12.9. The Balaban J connectivity index is 1.92. The molecule has 2 aromatic heterocycles. The van der Waals surface area contributed by atoms with Crippen LogP contribution in [0.5, 0.6) is 0 Å². The number of aryl methyl sites for hydroxylation is 3. The second-order valence-corrected chi connectivity index (χ2v) is 6.11. The molecule has 1 N–H and O–H groups in total. The number of hydrogen-bond donors (Lipinski definition) is 1. The third kappa shape index (κ3) is 2.59. The van der Waals surface area contributed by atoms with Crippen LogP contribution in [0.25, 0.3) is 11.0 Å². The number of halogens is 1. The fraction of sp³-hybridized carbons (Fsp3) is 0.231. The van der Waals surface area contributed by atoms with Crippen LogP contribution in [0.2, 0.25) is 0 Å². The third-order valence-corrected chi connectivity index (χ3v) is 4.09. The lowest BCUT2D eigenvalue weighted by atomic mass is 10.3. The van der Waals surface area contributed by atoms with Crippen LogP contribution in [0, 0.1) is 8.34 Å². The van der Waals surface area contributed by atoms with Gasteiger partial charge in [-0.2, -0.15) is 5.10 Å². The summed E-state index contributed by atoms with van der Waals surface area (Å²) in [6.07, 6.45) is 2.85. The minimum Gasteiger partial charge on any atom is -0.331 e. The Morgan fingerprint density at radius 3 is 2.95 bits per heavy atom. The van der Waals surface area contributed by atoms with Crippen LogP contribution in [0.4, 0.5) is 0 Å². The monoisotopic (exact) mass is 384 g/mol. The highest BCUT2D eigenvalue weighted by Crippen LogP contribution is 2.17. The molecule has 3 aromatic rings. The average molecular weight is 384 g/mol. The summed E-state index contributed by atoms with van der Waals surface area (Å²) < 4.78 is 5.94. The average Bonchev–Trinajstić information content (AvgIpc) is 2.89. The molecule has 0 aliphatic heterocycles. The van der Waals surface area contributed by atoms with Gasteiger partial charge in [0.05, 0.1) is 16.7 Å². The Bertz CT molecular complexity index is 783. The van der Waals surface area contributed by atoms with Crippen LogP contribution in [0.15, 0.2) is 30.5 Å². The highest BCUT2D eigenvalue weighted by atomic mass is 127. The number of H-pyrrole nitrogens is 1. The van der Waals surface area contributed by atoms with E-state index >= 15 is 0 Å². The van der Waals surface area contributed by atoms with E-state index in [1.54, 1.807) is 0 Å². The third-order valence-electron chi connectivity index (χ3n) is 3.10. The molecule has 98 valence electrons. The van der Waals surface area contributed by atoms with E-state index in [4.69, 9.17) is 12.2 Å². The fourth-order valence-corrected chi connectivity index (χ4v) is 2.97. The van der Waals surface area contributed by atoms with Gasteiger partial charge in [0.15, 0.2) is 4.77 Å². The number of nitrogens with one attached hydrogen (secondary N) is 1. The lowest BCUT2D eigenvalue weighted by Crippen LogP contribution is -2.02. The van der Waals surface area contributed by atoms with Gasteiger partial charge in [0.2, 0.25) is 0 Å². The van der Waals surface area contributed by atoms with Crippen molar-refractivity contribution in [3.05, 3.63) is 44.5 Å². The molecule has 0 spiro atoms. The Kier molecular flexibility index (Phi) is 3.44. The minimum absolute atomic E-state index is 0.771. The quantitative estimate of drug-likeness (QED) is 0.556. The van der Waals surface area contributed by atoms with Crippen molar-refractivity contribution in [2.75, 3.05) is 0 Å². The summed E-state index contributed by atoms with van der Waals surface area (Å²) in [5, 5.41) is 4.39. The van der Waals surface area contributed by atoms with E-state index in [0.717, 1.165) is 34.5 Å². The molecule has 0 unspecified atom stereocenters. The lowest BCUT2D eigenvalue weighted by Gasteiger charge is -2.03. The van der Waals surface area contributed by atoms with Crippen molar-refractivity contribution < 1.29 is 0 Å². The Labute approximate surface area is 129 Å². The van der Waals surface area contributed by atoms with Gasteiger partial charge in [0.25, 0.3) is 0 Å². The van der Waals surface area contributed by atoms with Crippen molar-refractivity contribution in [1.29, 1.82) is 0 Å². The number of aromatic amines is 1. The zero-order valence-corrected chi connectivity index (χ0v) is 13.4. The van der Waals surface area contributed by atoms with Crippen molar-refractivity contribution in [1.82, 2.24) is 19.3 Å². The van der Waals surface area contributed by atoms with Crippen LogP contribution in [0.1, 0.15) is 5.69 Å². The summed E-state index contributed by atoms with van der Waals surface area (Å²) >= 11 is 7.70. The zero-order valence-electron chi connectivity index (χ0n) is 10.4. The van der Waals surface area contributed by atoms with Gasteiger partial charge >= 0.3 is 0 Å². The first-order valence-electron chi connectivity index (χ1n) is 6.00. The van der Waals surface area contributed by atoms with Crippen LogP contribution in [-0.4, -0.2) is 19.3 Å². The van der Waals surface area contributed by atoms with Crippen molar-refractivity contribution in [3.8, 4) is 0 Å². The van der Waals surface area contributed by atoms with Crippen LogP contribution in [0.3, 0.4) is 0 Å². The number of fused-ring (bicyclic) bond motifs is 1. The summed E-state index contributed by atoms with van der Waals surface area (Å²) in [5.41, 5.74) is 3.34. The van der Waals surface area contributed by atoms with E-state index in [0.29, 0.717) is 0 Å². The van der Waals surface area contributed by atoms with Crippen molar-refractivity contribution in [2.45, 2.75) is 13.0 Å². The molecule has 4 nitrogen and oxygen atoms in total. The Hall–Kier alpha value is -1.15. The Morgan fingerprint density at radius 1 is 1.37 bits per heavy atom. The molecular formula is C13H13IN4S. The molecule has 0 radical (unpaired) electrons. The van der Waals surface area contributed by atoms with Crippen molar-refractivity contribution in [3.63, 3.8) is 0 Å². The second kappa shape index (κ2) is 5.09. The highest BCUT2D eigenvalue weighted by molar-refractivity contribution is 14.1. The van der Waals surface area contributed by atoms with E-state index in [1.807, 2.05) is 24.0 Å². The van der Waals surface area contributed by atoms with Gasteiger partial charge in [0, 0.05) is 29.8 Å². The van der Waals surface area contributed by atoms with Gasteiger partial charge in [-0.15, -0.1) is 0 Å². The van der Waals surface area contributed by atoms with Crippen LogP contribution >= 0.6 is 34.8 Å². The molecule has 0 saturated carbocycles. The molecule has 0 bridgehead atoms. The molecule has 0 amide bonds. The standard InChI is InChI=1S/C13H13IN4S/c1-17-6-4-10(16-17)5-7-18-12-3-2-9(14)8-11(12)15-13(18)19/h2-4,6,8H,5,7H2,1H3,(H,15,19). The summed E-state index contributed by atoms with van der Waals surface area (Å²) in [4.78, 5) is 3.26. The van der Waals surface area contributed by atoms with Crippen molar-refractivity contribution in [2.24, 2.45) is 7.05 Å². The van der Waals surface area contributed by atoms with E-state index in [2.05, 4.69) is 55.4 Å². The van der Waals surface area contributed by atoms with Crippen LogP contribution < -0.4 is 0 Å². The van der Waals surface area contributed by atoms with E-state index < -0.39 is 0 Å². The summed E-state index contributed by atoms with van der Waals surface area (Å²) in [7, 11) is 1.93. The van der Waals surface area contributed by atoms with Crippen molar-refractivity contribution >= 4 is 45.8 Å². The molecule has 0 saturated heterocycles. The molecular weight excluding hydrogens is 371 g/mol. The Morgan fingerprint density at radius 2 is 2.21 bits per heavy atom. The van der Waals surface area contributed by atoms with Gasteiger partial charge < -0.3 is 9.55 Å². The smallest absolute Gasteiger partial charge is 0.178 e. The molecule has 0 atom stereocenters. The molecule has 0 aliphatic rings. The predicted octanol–water partition coefficient (Wildman–Crippen LogP) is 3.28. The van der Waals surface area contributed by atoms with E-state index in [1.165, 1.54) is 3.57 Å². The highest BCUT2D eigenvalue weighted by Gasteiger charge is 2.05. The summed E-state index contributed by atoms with van der Waals surface area (Å²) in [5.74, 6) is 0. The maximum Gasteiger partial charge on any atom is 0.178 e. The van der Waals surface area contributed by atoms with Gasteiger partial charge in [0.1, 0.15) is 0 Å². The summed E-state index contributed by atoms with van der Waals surface area (Å²) in [6.45, 7) is 0.844. The maximum absolute atomic E-state index is 5.40. The van der Waals surface area contributed by atoms with E-state index in [9.17, 15) is 0 Å². The molecule has 6 heteroatoms. The fourth-order valence-electron chi connectivity index (χ4n) is 2.18. The number of aromatic nitrogens is 4. The molecule has 1 aromatic carbocycles. The first-order valence-corrected chi connectivity index (χ1v) is 7.49. The zero-order chi connectivity index (χ0) is 13.4. The molecule has 2 heterocycles. The van der Waals surface area contributed by atoms with Gasteiger partial charge in [-0.3, -0.25) is 4.68 Å². The van der Waals surface area contributed by atoms with Gasteiger partial charge in [-0.25, -0.2) is 0 Å². The summed E-state index contributed by atoms with van der Waals surface area (Å²) in [6, 6.07) is 8.37. The second-order valence-electron chi connectivity index (χ2n) is 4.47. The van der Waals surface area contributed by atoms with E-state index in [-0.39, 0.29) is 0 Å².